The molecule has 0 saturated heterocycles. The fourth-order valence-electron chi connectivity index (χ4n) is 2.16. The molecule has 0 saturated carbocycles. The number of nitrogens with one attached hydrogen (secondary N) is 1. The Bertz CT molecular complexity index is 730. The molecule has 1 atom stereocenters. The first-order valence-corrected chi connectivity index (χ1v) is 8.73. The average molecular weight is 345 g/mol. The zero-order valence-corrected chi connectivity index (χ0v) is 15.5. The van der Waals surface area contributed by atoms with E-state index in [0.29, 0.717) is 10.6 Å². The van der Waals surface area contributed by atoms with Gasteiger partial charge in [-0.05, 0) is 47.9 Å². The molecule has 1 aromatic carbocycles. The fourth-order valence-corrected chi connectivity index (χ4v) is 2.79. The Morgan fingerprint density at radius 1 is 1.21 bits per heavy atom. The standard InChI is InChI=1S/C19H23NO3S/c1-12-11-14(19(3,4)5)8-9-15(12)23-18(22)13(2)20-17(21)16-7-6-10-24-16/h6-11,13H,1-5H3,(H,20,21). The molecular weight excluding hydrogens is 322 g/mol. The molecule has 4 nitrogen and oxygen atoms in total. The summed E-state index contributed by atoms with van der Waals surface area (Å²) in [5.41, 5.74) is 2.11. The summed E-state index contributed by atoms with van der Waals surface area (Å²) >= 11 is 1.33. The average Bonchev–Trinajstić information content (AvgIpc) is 3.02. The van der Waals surface area contributed by atoms with Crippen LogP contribution in [0.4, 0.5) is 0 Å². The summed E-state index contributed by atoms with van der Waals surface area (Å²) in [4.78, 5) is 24.8. The highest BCUT2D eigenvalue weighted by atomic mass is 32.1. The van der Waals surface area contributed by atoms with Gasteiger partial charge in [0, 0.05) is 0 Å². The Hall–Kier alpha value is -2.14. The van der Waals surface area contributed by atoms with E-state index in [1.807, 2.05) is 30.5 Å². The van der Waals surface area contributed by atoms with Crippen molar-refractivity contribution in [1.82, 2.24) is 5.32 Å². The van der Waals surface area contributed by atoms with Crippen molar-refractivity contribution in [2.45, 2.75) is 46.1 Å². The Kier molecular flexibility index (Phi) is 5.44. The maximum atomic E-state index is 12.2. The van der Waals surface area contributed by atoms with Gasteiger partial charge in [0.2, 0.25) is 0 Å². The normalized spacial score (nSPS) is 12.5. The third-order valence-electron chi connectivity index (χ3n) is 3.70. The number of rotatable bonds is 4. The molecule has 5 heteroatoms. The second kappa shape index (κ2) is 7.18. The van der Waals surface area contributed by atoms with Crippen LogP contribution in [0.5, 0.6) is 5.75 Å². The second-order valence-electron chi connectivity index (χ2n) is 6.82. The Morgan fingerprint density at radius 2 is 1.92 bits per heavy atom. The SMILES string of the molecule is Cc1cc(C(C)(C)C)ccc1OC(=O)C(C)NC(=O)c1cccs1. The maximum absolute atomic E-state index is 12.2. The second-order valence-corrected chi connectivity index (χ2v) is 7.77. The molecule has 0 fully saturated rings. The van der Waals surface area contributed by atoms with Crippen LogP contribution in [0, 0.1) is 6.92 Å². The number of hydrogen-bond donors (Lipinski definition) is 1. The molecule has 24 heavy (non-hydrogen) atoms. The molecule has 0 radical (unpaired) electrons. The smallest absolute Gasteiger partial charge is 0.333 e. The van der Waals surface area contributed by atoms with Gasteiger partial charge < -0.3 is 10.1 Å². The molecule has 0 aliphatic carbocycles. The van der Waals surface area contributed by atoms with Crippen LogP contribution in [-0.2, 0) is 10.2 Å². The zero-order valence-electron chi connectivity index (χ0n) is 14.7. The summed E-state index contributed by atoms with van der Waals surface area (Å²) in [6, 6.07) is 8.58. The molecule has 1 heterocycles. The van der Waals surface area contributed by atoms with E-state index in [0.717, 1.165) is 5.56 Å². The Balaban J connectivity index is 2.02. The summed E-state index contributed by atoms with van der Waals surface area (Å²) in [7, 11) is 0. The van der Waals surface area contributed by atoms with E-state index >= 15 is 0 Å². The van der Waals surface area contributed by atoms with Crippen molar-refractivity contribution in [3.8, 4) is 5.75 Å². The van der Waals surface area contributed by atoms with Gasteiger partial charge in [0.25, 0.3) is 5.91 Å². The third-order valence-corrected chi connectivity index (χ3v) is 4.57. The van der Waals surface area contributed by atoms with Crippen molar-refractivity contribution in [1.29, 1.82) is 0 Å². The summed E-state index contributed by atoms with van der Waals surface area (Å²) in [6.45, 7) is 9.93. The van der Waals surface area contributed by atoms with Gasteiger partial charge in [0.05, 0.1) is 4.88 Å². The number of carbonyl (C=O) groups is 2. The summed E-state index contributed by atoms with van der Waals surface area (Å²) in [6.07, 6.45) is 0. The van der Waals surface area contributed by atoms with Gasteiger partial charge in [0.15, 0.2) is 0 Å². The van der Waals surface area contributed by atoms with Crippen LogP contribution >= 0.6 is 11.3 Å². The molecule has 0 bridgehead atoms. The number of amides is 1. The van der Waals surface area contributed by atoms with Crippen molar-refractivity contribution < 1.29 is 14.3 Å². The first kappa shape index (κ1) is 18.2. The lowest BCUT2D eigenvalue weighted by molar-refractivity contribution is -0.136. The number of benzene rings is 1. The maximum Gasteiger partial charge on any atom is 0.333 e. The van der Waals surface area contributed by atoms with E-state index in [4.69, 9.17) is 4.74 Å². The first-order chi connectivity index (χ1) is 11.2. The monoisotopic (exact) mass is 345 g/mol. The summed E-state index contributed by atoms with van der Waals surface area (Å²) in [5, 5.41) is 4.47. The largest absolute Gasteiger partial charge is 0.425 e. The van der Waals surface area contributed by atoms with Crippen molar-refractivity contribution in [3.63, 3.8) is 0 Å². The van der Waals surface area contributed by atoms with E-state index in [1.165, 1.54) is 16.9 Å². The number of carbonyl (C=O) groups excluding carboxylic acids is 2. The van der Waals surface area contributed by atoms with E-state index in [1.54, 1.807) is 19.1 Å². The lowest BCUT2D eigenvalue weighted by atomic mass is 9.86. The van der Waals surface area contributed by atoms with E-state index in [-0.39, 0.29) is 11.3 Å². The summed E-state index contributed by atoms with van der Waals surface area (Å²) < 4.78 is 5.44. The highest BCUT2D eigenvalue weighted by Crippen LogP contribution is 2.27. The topological polar surface area (TPSA) is 55.4 Å². The van der Waals surface area contributed by atoms with Crippen molar-refractivity contribution in [2.75, 3.05) is 0 Å². The van der Waals surface area contributed by atoms with Gasteiger partial charge in [-0.3, -0.25) is 4.79 Å². The van der Waals surface area contributed by atoms with Gasteiger partial charge in [-0.2, -0.15) is 0 Å². The van der Waals surface area contributed by atoms with Crippen LogP contribution in [0.3, 0.4) is 0 Å². The number of aryl methyl sites for hydroxylation is 1. The van der Waals surface area contributed by atoms with Crippen LogP contribution in [0.25, 0.3) is 0 Å². The van der Waals surface area contributed by atoms with Gasteiger partial charge in [-0.1, -0.05) is 39.0 Å². The minimum absolute atomic E-state index is 0.0370. The van der Waals surface area contributed by atoms with Gasteiger partial charge in [0.1, 0.15) is 11.8 Å². The van der Waals surface area contributed by atoms with Crippen molar-refractivity contribution in [3.05, 3.63) is 51.7 Å². The molecule has 0 aliphatic heterocycles. The Morgan fingerprint density at radius 3 is 2.46 bits per heavy atom. The lowest BCUT2D eigenvalue weighted by Crippen LogP contribution is -2.40. The molecule has 1 N–H and O–H groups in total. The van der Waals surface area contributed by atoms with Crippen LogP contribution < -0.4 is 10.1 Å². The number of ether oxygens (including phenoxy) is 1. The van der Waals surface area contributed by atoms with Gasteiger partial charge >= 0.3 is 5.97 Å². The fraction of sp³-hybridized carbons (Fsp3) is 0.368. The van der Waals surface area contributed by atoms with Crippen LogP contribution in [0.1, 0.15) is 48.5 Å². The predicted octanol–water partition coefficient (Wildman–Crippen LogP) is 4.08. The quantitative estimate of drug-likeness (QED) is 0.671. The van der Waals surface area contributed by atoms with Gasteiger partial charge in [-0.25, -0.2) is 4.79 Å². The third kappa shape index (κ3) is 4.45. The molecule has 2 aromatic rings. The molecule has 128 valence electrons. The van der Waals surface area contributed by atoms with Crippen LogP contribution in [0.15, 0.2) is 35.7 Å². The van der Waals surface area contributed by atoms with Crippen molar-refractivity contribution >= 4 is 23.2 Å². The van der Waals surface area contributed by atoms with Gasteiger partial charge in [-0.15, -0.1) is 11.3 Å². The van der Waals surface area contributed by atoms with E-state index < -0.39 is 12.0 Å². The highest BCUT2D eigenvalue weighted by Gasteiger charge is 2.21. The number of esters is 1. The molecular formula is C19H23NO3S. The minimum Gasteiger partial charge on any atom is -0.425 e. The predicted molar refractivity (Wildman–Crippen MR) is 96.8 cm³/mol. The molecule has 0 aliphatic rings. The molecule has 1 unspecified atom stereocenters. The zero-order chi connectivity index (χ0) is 17.9. The Labute approximate surface area is 146 Å². The molecule has 1 amide bonds. The molecule has 2 rings (SSSR count). The minimum atomic E-state index is -0.721. The lowest BCUT2D eigenvalue weighted by Gasteiger charge is -2.21. The summed E-state index contributed by atoms with van der Waals surface area (Å²) in [5.74, 6) is -0.231. The van der Waals surface area contributed by atoms with Crippen molar-refractivity contribution in [2.24, 2.45) is 0 Å². The first-order valence-electron chi connectivity index (χ1n) is 7.85. The molecule has 1 aromatic heterocycles. The number of hydrogen-bond acceptors (Lipinski definition) is 4. The highest BCUT2D eigenvalue weighted by molar-refractivity contribution is 7.12. The van der Waals surface area contributed by atoms with Crippen LogP contribution in [-0.4, -0.2) is 17.9 Å². The number of thiophene rings is 1. The molecule has 0 spiro atoms. The van der Waals surface area contributed by atoms with E-state index in [2.05, 4.69) is 26.1 Å². The van der Waals surface area contributed by atoms with Crippen LogP contribution in [0.2, 0.25) is 0 Å². The van der Waals surface area contributed by atoms with E-state index in [9.17, 15) is 9.59 Å².